The van der Waals surface area contributed by atoms with Gasteiger partial charge in [0.2, 0.25) is 0 Å². The summed E-state index contributed by atoms with van der Waals surface area (Å²) in [5.74, 6) is 1.67. The quantitative estimate of drug-likeness (QED) is 0.650. The fourth-order valence-electron chi connectivity index (χ4n) is 1.52. The molecule has 1 unspecified atom stereocenters. The second-order valence-electron chi connectivity index (χ2n) is 3.60. The third kappa shape index (κ3) is 4.88. The van der Waals surface area contributed by atoms with Gasteiger partial charge in [-0.3, -0.25) is 9.11 Å². The van der Waals surface area contributed by atoms with Crippen molar-refractivity contribution in [1.29, 1.82) is 0 Å². The van der Waals surface area contributed by atoms with E-state index in [4.69, 9.17) is 32.7 Å². The summed E-state index contributed by atoms with van der Waals surface area (Å²) >= 11 is 0. The van der Waals surface area contributed by atoms with Crippen LogP contribution in [-0.4, -0.2) is 31.2 Å². The average Bonchev–Trinajstić information content (AvgIpc) is 2.26. The van der Waals surface area contributed by atoms with E-state index in [1.54, 1.807) is 7.11 Å². The van der Waals surface area contributed by atoms with E-state index in [0.717, 1.165) is 23.5 Å². The maximum Gasteiger partial charge on any atom is 0.394 e. The van der Waals surface area contributed by atoms with Gasteiger partial charge in [-0.25, -0.2) is 0 Å². The van der Waals surface area contributed by atoms with E-state index in [1.165, 1.54) is 0 Å². The molecule has 7 nitrogen and oxygen atoms in total. The Morgan fingerprint density at radius 2 is 2.06 bits per heavy atom. The zero-order valence-electron chi connectivity index (χ0n) is 9.74. The molecule has 8 heteroatoms. The van der Waals surface area contributed by atoms with Crippen molar-refractivity contribution >= 4 is 10.4 Å². The van der Waals surface area contributed by atoms with Gasteiger partial charge in [0.15, 0.2) is 0 Å². The molecule has 1 aliphatic rings. The van der Waals surface area contributed by atoms with Crippen molar-refractivity contribution in [3.05, 3.63) is 23.8 Å². The van der Waals surface area contributed by atoms with Gasteiger partial charge in [-0.15, -0.1) is 0 Å². The van der Waals surface area contributed by atoms with Crippen molar-refractivity contribution in [2.45, 2.75) is 12.5 Å². The van der Waals surface area contributed by atoms with Gasteiger partial charge >= 0.3 is 10.4 Å². The number of ether oxygens (including phenoxy) is 2. The van der Waals surface area contributed by atoms with Crippen molar-refractivity contribution in [1.82, 2.24) is 0 Å². The van der Waals surface area contributed by atoms with Crippen LogP contribution in [0.2, 0.25) is 0 Å². The molecule has 1 aromatic carbocycles. The monoisotopic (exact) mass is 277 g/mol. The first kappa shape index (κ1) is 14.7. The van der Waals surface area contributed by atoms with E-state index in [-0.39, 0.29) is 6.04 Å². The first-order valence-corrected chi connectivity index (χ1v) is 6.47. The van der Waals surface area contributed by atoms with E-state index in [2.05, 4.69) is 0 Å². The Balaban J connectivity index is 0.000000280. The van der Waals surface area contributed by atoms with E-state index in [0.29, 0.717) is 6.61 Å². The molecular weight excluding hydrogens is 262 g/mol. The molecule has 0 saturated carbocycles. The van der Waals surface area contributed by atoms with Crippen molar-refractivity contribution in [2.75, 3.05) is 13.7 Å². The molecule has 102 valence electrons. The zero-order valence-corrected chi connectivity index (χ0v) is 10.6. The molecule has 4 N–H and O–H groups in total. The van der Waals surface area contributed by atoms with Crippen LogP contribution in [0.3, 0.4) is 0 Å². The van der Waals surface area contributed by atoms with E-state index >= 15 is 0 Å². The third-order valence-electron chi connectivity index (χ3n) is 2.31. The van der Waals surface area contributed by atoms with Crippen LogP contribution >= 0.6 is 0 Å². The minimum absolute atomic E-state index is 0.106. The first-order valence-electron chi connectivity index (χ1n) is 5.07. The van der Waals surface area contributed by atoms with Gasteiger partial charge in [0, 0.05) is 24.1 Å². The number of rotatable bonds is 1. The number of methoxy groups -OCH3 is 1. The average molecular weight is 277 g/mol. The lowest BCUT2D eigenvalue weighted by molar-refractivity contribution is 0.267. The largest absolute Gasteiger partial charge is 0.497 e. The molecule has 0 saturated heterocycles. The minimum Gasteiger partial charge on any atom is -0.497 e. The van der Waals surface area contributed by atoms with Gasteiger partial charge in [0.25, 0.3) is 0 Å². The third-order valence-corrected chi connectivity index (χ3v) is 2.31. The fourth-order valence-corrected chi connectivity index (χ4v) is 1.52. The molecule has 0 bridgehead atoms. The number of hydrogen-bond donors (Lipinski definition) is 3. The Labute approximate surface area is 105 Å². The highest BCUT2D eigenvalue weighted by molar-refractivity contribution is 7.79. The SMILES string of the molecule is COc1ccc2c(c1)OCCC2N.O=S(=O)(O)O. The second kappa shape index (κ2) is 6.01. The molecule has 0 radical (unpaired) electrons. The summed E-state index contributed by atoms with van der Waals surface area (Å²) in [5.41, 5.74) is 6.99. The second-order valence-corrected chi connectivity index (χ2v) is 4.49. The number of nitrogens with two attached hydrogens (primary N) is 1. The maximum absolute atomic E-state index is 8.74. The zero-order chi connectivity index (χ0) is 13.8. The molecule has 0 aromatic heterocycles. The summed E-state index contributed by atoms with van der Waals surface area (Å²) in [7, 11) is -3.02. The van der Waals surface area contributed by atoms with Gasteiger partial charge in [0.1, 0.15) is 11.5 Å². The Morgan fingerprint density at radius 3 is 2.61 bits per heavy atom. The van der Waals surface area contributed by atoms with Gasteiger partial charge in [-0.1, -0.05) is 6.07 Å². The van der Waals surface area contributed by atoms with Gasteiger partial charge in [-0.05, 0) is 6.07 Å². The summed E-state index contributed by atoms with van der Waals surface area (Å²) < 4.78 is 42.2. The molecule has 1 aliphatic heterocycles. The molecule has 1 atom stereocenters. The Hall–Kier alpha value is -1.35. The van der Waals surface area contributed by atoms with Crippen LogP contribution < -0.4 is 15.2 Å². The van der Waals surface area contributed by atoms with Gasteiger partial charge in [0.05, 0.1) is 13.7 Å². The lowest BCUT2D eigenvalue weighted by Crippen LogP contribution is -2.20. The number of fused-ring (bicyclic) bond motifs is 1. The van der Waals surface area contributed by atoms with Crippen LogP contribution in [0, 0.1) is 0 Å². The highest BCUT2D eigenvalue weighted by Crippen LogP contribution is 2.33. The van der Waals surface area contributed by atoms with Crippen LogP contribution in [0.15, 0.2) is 18.2 Å². The Kier molecular flexibility index (Phi) is 4.91. The summed E-state index contributed by atoms with van der Waals surface area (Å²) in [6.45, 7) is 0.696. The number of hydrogen-bond acceptors (Lipinski definition) is 5. The highest BCUT2D eigenvalue weighted by atomic mass is 32.3. The normalized spacial score (nSPS) is 17.9. The van der Waals surface area contributed by atoms with Crippen LogP contribution in [-0.2, 0) is 10.4 Å². The summed E-state index contributed by atoms with van der Waals surface area (Å²) in [5, 5.41) is 0. The molecule has 0 fully saturated rings. The van der Waals surface area contributed by atoms with Crippen LogP contribution in [0.4, 0.5) is 0 Å². The van der Waals surface area contributed by atoms with E-state index in [9.17, 15) is 0 Å². The predicted octanol–water partition coefficient (Wildman–Crippen LogP) is 0.825. The molecule has 0 spiro atoms. The van der Waals surface area contributed by atoms with Crippen LogP contribution in [0.25, 0.3) is 0 Å². The maximum atomic E-state index is 8.74. The molecule has 0 aliphatic carbocycles. The summed E-state index contributed by atoms with van der Waals surface area (Å²) in [6, 6.07) is 5.87. The van der Waals surface area contributed by atoms with Crippen molar-refractivity contribution < 1.29 is 27.0 Å². The Bertz CT molecular complexity index is 493. The minimum atomic E-state index is -4.67. The molecule has 1 aromatic rings. The first-order chi connectivity index (χ1) is 8.31. The van der Waals surface area contributed by atoms with Crippen LogP contribution in [0.5, 0.6) is 11.5 Å². The topological polar surface area (TPSA) is 119 Å². The summed E-state index contributed by atoms with van der Waals surface area (Å²) in [4.78, 5) is 0. The summed E-state index contributed by atoms with van der Waals surface area (Å²) in [6.07, 6.45) is 0.888. The lowest BCUT2D eigenvalue weighted by Gasteiger charge is -2.23. The standard InChI is InChI=1S/C10H13NO2.H2O4S/c1-12-7-2-3-8-9(11)4-5-13-10(8)6-7;1-5(2,3)4/h2-3,6,9H,4-5,11H2,1H3;(H2,1,2,3,4). The van der Waals surface area contributed by atoms with E-state index < -0.39 is 10.4 Å². The molecule has 0 amide bonds. The molecular formula is C10H15NO6S. The van der Waals surface area contributed by atoms with E-state index in [1.807, 2.05) is 18.2 Å². The highest BCUT2D eigenvalue weighted by Gasteiger charge is 2.17. The van der Waals surface area contributed by atoms with Crippen LogP contribution in [0.1, 0.15) is 18.0 Å². The lowest BCUT2D eigenvalue weighted by atomic mass is 10.0. The molecule has 1 heterocycles. The fraction of sp³-hybridized carbons (Fsp3) is 0.400. The van der Waals surface area contributed by atoms with Gasteiger partial charge < -0.3 is 15.2 Å². The molecule has 2 rings (SSSR count). The number of benzene rings is 1. The smallest absolute Gasteiger partial charge is 0.394 e. The molecule has 18 heavy (non-hydrogen) atoms. The van der Waals surface area contributed by atoms with Crippen molar-refractivity contribution in [3.63, 3.8) is 0 Å². The Morgan fingerprint density at radius 1 is 1.44 bits per heavy atom. The van der Waals surface area contributed by atoms with Crippen molar-refractivity contribution in [3.8, 4) is 11.5 Å². The predicted molar refractivity (Wildman–Crippen MR) is 64.2 cm³/mol. The van der Waals surface area contributed by atoms with Gasteiger partial charge in [-0.2, -0.15) is 8.42 Å². The van der Waals surface area contributed by atoms with Crippen molar-refractivity contribution in [2.24, 2.45) is 5.73 Å².